The van der Waals surface area contributed by atoms with Crippen molar-refractivity contribution in [2.24, 2.45) is 0 Å². The molecule has 2 aromatic carbocycles. The molecule has 0 unspecified atom stereocenters. The van der Waals surface area contributed by atoms with Crippen LogP contribution in [0.1, 0.15) is 41.6 Å². The molecule has 122 valence electrons. The summed E-state index contributed by atoms with van der Waals surface area (Å²) < 4.78 is 0. The fourth-order valence-corrected chi connectivity index (χ4v) is 3.30. The van der Waals surface area contributed by atoms with Crippen molar-refractivity contribution < 1.29 is 4.79 Å². The fraction of sp³-hybridized carbons (Fsp3) is 0.316. The molecule has 23 heavy (non-hydrogen) atoms. The van der Waals surface area contributed by atoms with Crippen LogP contribution in [0.25, 0.3) is 0 Å². The summed E-state index contributed by atoms with van der Waals surface area (Å²) in [6.07, 6.45) is 0.892. The number of aryl methyl sites for hydroxylation is 2. The van der Waals surface area contributed by atoms with Crippen molar-refractivity contribution in [3.8, 4) is 0 Å². The van der Waals surface area contributed by atoms with Gasteiger partial charge in [-0.3, -0.25) is 4.79 Å². The van der Waals surface area contributed by atoms with E-state index in [0.717, 1.165) is 11.1 Å². The molecule has 0 radical (unpaired) electrons. The molecule has 2 rings (SSSR count). The molecule has 1 amide bonds. The van der Waals surface area contributed by atoms with E-state index < -0.39 is 0 Å². The van der Waals surface area contributed by atoms with Crippen molar-refractivity contribution in [3.63, 3.8) is 0 Å². The van der Waals surface area contributed by atoms with Gasteiger partial charge < -0.3 is 5.32 Å². The van der Waals surface area contributed by atoms with E-state index in [4.69, 9.17) is 23.2 Å². The van der Waals surface area contributed by atoms with Crippen LogP contribution in [0.4, 0.5) is 0 Å². The molecule has 0 aromatic heterocycles. The zero-order valence-corrected chi connectivity index (χ0v) is 15.1. The van der Waals surface area contributed by atoms with Gasteiger partial charge in [-0.15, -0.1) is 0 Å². The Kier molecular flexibility index (Phi) is 6.09. The van der Waals surface area contributed by atoms with Crippen LogP contribution in [0, 0.1) is 13.8 Å². The van der Waals surface area contributed by atoms with Gasteiger partial charge in [0.1, 0.15) is 0 Å². The Morgan fingerprint density at radius 2 is 1.78 bits per heavy atom. The summed E-state index contributed by atoms with van der Waals surface area (Å²) in [5, 5.41) is 4.25. The average molecular weight is 350 g/mol. The summed E-state index contributed by atoms with van der Waals surface area (Å²) in [7, 11) is 0. The second-order valence-electron chi connectivity index (χ2n) is 5.85. The van der Waals surface area contributed by atoms with Crippen molar-refractivity contribution >= 4 is 29.1 Å². The second-order valence-corrected chi connectivity index (χ2v) is 6.66. The first kappa shape index (κ1) is 17.8. The lowest BCUT2D eigenvalue weighted by atomic mass is 10.00. The number of hydrogen-bond acceptors (Lipinski definition) is 1. The van der Waals surface area contributed by atoms with Gasteiger partial charge in [0, 0.05) is 16.5 Å². The summed E-state index contributed by atoms with van der Waals surface area (Å²) in [5.74, 6) is -0.00605. The molecule has 0 aliphatic carbocycles. The van der Waals surface area contributed by atoms with E-state index >= 15 is 0 Å². The number of benzene rings is 2. The average Bonchev–Trinajstić information content (AvgIpc) is 2.46. The van der Waals surface area contributed by atoms with E-state index in [1.807, 2.05) is 6.92 Å². The van der Waals surface area contributed by atoms with Crippen LogP contribution in [0.3, 0.4) is 0 Å². The second kappa shape index (κ2) is 7.85. The van der Waals surface area contributed by atoms with Crippen molar-refractivity contribution in [2.75, 3.05) is 0 Å². The van der Waals surface area contributed by atoms with Crippen LogP contribution in [0.2, 0.25) is 10.0 Å². The predicted molar refractivity (Wildman–Crippen MR) is 97.3 cm³/mol. The normalized spacial score (nSPS) is 12.0. The lowest BCUT2D eigenvalue weighted by Gasteiger charge is -2.17. The molecular weight excluding hydrogens is 329 g/mol. The Labute approximate surface area is 147 Å². The summed E-state index contributed by atoms with van der Waals surface area (Å²) in [6.45, 7) is 6.12. The third kappa shape index (κ3) is 4.73. The van der Waals surface area contributed by atoms with E-state index in [2.05, 4.69) is 37.4 Å². The number of halogens is 2. The largest absolute Gasteiger partial charge is 0.350 e. The van der Waals surface area contributed by atoms with Crippen LogP contribution in [-0.2, 0) is 11.2 Å². The fourth-order valence-electron chi connectivity index (χ4n) is 2.71. The van der Waals surface area contributed by atoms with E-state index in [-0.39, 0.29) is 11.9 Å². The lowest BCUT2D eigenvalue weighted by molar-refractivity contribution is -0.121. The highest BCUT2D eigenvalue weighted by Gasteiger charge is 2.13. The maximum atomic E-state index is 12.2. The van der Waals surface area contributed by atoms with Crippen molar-refractivity contribution in [1.29, 1.82) is 0 Å². The van der Waals surface area contributed by atoms with E-state index in [9.17, 15) is 4.79 Å². The highest BCUT2D eigenvalue weighted by Crippen LogP contribution is 2.25. The van der Waals surface area contributed by atoms with E-state index in [1.165, 1.54) is 11.1 Å². The van der Waals surface area contributed by atoms with Crippen LogP contribution in [-0.4, -0.2) is 5.91 Å². The molecule has 4 heteroatoms. The minimum Gasteiger partial charge on any atom is -0.350 e. The Hall–Kier alpha value is -1.51. The Balaban J connectivity index is 1.97. The number of nitrogens with one attached hydrogen (secondary N) is 1. The third-order valence-electron chi connectivity index (χ3n) is 3.93. The summed E-state index contributed by atoms with van der Waals surface area (Å²) in [5.41, 5.74) is 4.37. The number of rotatable bonds is 5. The molecule has 0 bridgehead atoms. The van der Waals surface area contributed by atoms with Crippen LogP contribution in [0.5, 0.6) is 0 Å². The smallest absolute Gasteiger partial charge is 0.220 e. The number of hydrogen-bond donors (Lipinski definition) is 1. The maximum Gasteiger partial charge on any atom is 0.220 e. The van der Waals surface area contributed by atoms with Gasteiger partial charge in [0.15, 0.2) is 0 Å². The van der Waals surface area contributed by atoms with Gasteiger partial charge in [-0.25, -0.2) is 0 Å². The molecule has 2 aromatic rings. The van der Waals surface area contributed by atoms with Gasteiger partial charge in [-0.1, -0.05) is 53.0 Å². The number of amides is 1. The highest BCUT2D eigenvalue weighted by atomic mass is 35.5. The topological polar surface area (TPSA) is 29.1 Å². The van der Waals surface area contributed by atoms with Crippen molar-refractivity contribution in [1.82, 2.24) is 5.32 Å². The molecule has 0 fully saturated rings. The van der Waals surface area contributed by atoms with Crippen LogP contribution in [0.15, 0.2) is 36.4 Å². The molecule has 0 spiro atoms. The maximum absolute atomic E-state index is 12.2. The van der Waals surface area contributed by atoms with Gasteiger partial charge in [-0.2, -0.15) is 0 Å². The number of carbonyl (C=O) groups is 1. The van der Waals surface area contributed by atoms with Crippen molar-refractivity contribution in [2.45, 2.75) is 39.7 Å². The molecule has 0 aliphatic rings. The van der Waals surface area contributed by atoms with E-state index in [1.54, 1.807) is 18.2 Å². The molecular formula is C19H21Cl2NO. The first-order valence-corrected chi connectivity index (χ1v) is 8.43. The first-order chi connectivity index (χ1) is 10.9. The van der Waals surface area contributed by atoms with Gasteiger partial charge in [-0.05, 0) is 56.0 Å². The van der Waals surface area contributed by atoms with Crippen LogP contribution >= 0.6 is 23.2 Å². The quantitative estimate of drug-likeness (QED) is 0.766. The van der Waals surface area contributed by atoms with Crippen molar-refractivity contribution in [3.05, 3.63) is 68.7 Å². The first-order valence-electron chi connectivity index (χ1n) is 7.68. The minimum atomic E-state index is -0.0233. The van der Waals surface area contributed by atoms with Crippen LogP contribution < -0.4 is 5.32 Å². The molecule has 0 saturated carbocycles. The Morgan fingerprint density at radius 1 is 1.13 bits per heavy atom. The molecule has 2 nitrogen and oxygen atoms in total. The molecule has 0 aliphatic heterocycles. The van der Waals surface area contributed by atoms with E-state index in [0.29, 0.717) is 22.9 Å². The molecule has 0 heterocycles. The van der Waals surface area contributed by atoms with Gasteiger partial charge in [0.05, 0.1) is 6.04 Å². The summed E-state index contributed by atoms with van der Waals surface area (Å²) >= 11 is 12.3. The van der Waals surface area contributed by atoms with Gasteiger partial charge in [0.25, 0.3) is 0 Å². The standard InChI is InChI=1S/C19H21Cl2NO/c1-12-7-8-15(13(2)11-12)14(3)22-19(23)10-9-16-17(20)5-4-6-18(16)21/h4-8,11,14H,9-10H2,1-3H3,(H,22,23)/t14-/m1/s1. The predicted octanol–water partition coefficient (Wildman–Crippen LogP) is 5.42. The highest BCUT2D eigenvalue weighted by molar-refractivity contribution is 6.36. The molecule has 1 N–H and O–H groups in total. The Morgan fingerprint density at radius 3 is 2.39 bits per heavy atom. The summed E-state index contributed by atoms with van der Waals surface area (Å²) in [6, 6.07) is 11.6. The summed E-state index contributed by atoms with van der Waals surface area (Å²) in [4.78, 5) is 12.2. The monoisotopic (exact) mass is 349 g/mol. The zero-order valence-electron chi connectivity index (χ0n) is 13.6. The molecule has 1 atom stereocenters. The van der Waals surface area contributed by atoms with Gasteiger partial charge >= 0.3 is 0 Å². The number of carbonyl (C=O) groups excluding carboxylic acids is 1. The lowest BCUT2D eigenvalue weighted by Crippen LogP contribution is -2.27. The zero-order chi connectivity index (χ0) is 17.0. The minimum absolute atomic E-state index is 0.00605. The SMILES string of the molecule is Cc1ccc([C@@H](C)NC(=O)CCc2c(Cl)cccc2Cl)c(C)c1. The third-order valence-corrected chi connectivity index (χ3v) is 4.64. The Bertz CT molecular complexity index is 692. The van der Waals surface area contributed by atoms with Gasteiger partial charge in [0.2, 0.25) is 5.91 Å². The molecule has 0 saturated heterocycles.